The summed E-state index contributed by atoms with van der Waals surface area (Å²) in [6.07, 6.45) is 3.50. The molecule has 0 saturated carbocycles. The van der Waals surface area contributed by atoms with Gasteiger partial charge in [0.05, 0.1) is 35.0 Å². The predicted octanol–water partition coefficient (Wildman–Crippen LogP) is 5.74. The van der Waals surface area contributed by atoms with Gasteiger partial charge in [0.25, 0.3) is 0 Å². The fourth-order valence-electron chi connectivity index (χ4n) is 3.11. The first-order chi connectivity index (χ1) is 15.4. The van der Waals surface area contributed by atoms with E-state index in [4.69, 9.17) is 35.4 Å². The Morgan fingerprint density at radius 2 is 1.75 bits per heavy atom. The highest BCUT2D eigenvalue weighted by molar-refractivity contribution is 7.80. The summed E-state index contributed by atoms with van der Waals surface area (Å²) in [5, 5.41) is 16.5. The van der Waals surface area contributed by atoms with Gasteiger partial charge >= 0.3 is 0 Å². The van der Waals surface area contributed by atoms with Crippen LogP contribution in [-0.2, 0) is 13.1 Å². The Morgan fingerprint density at radius 3 is 2.50 bits per heavy atom. The van der Waals surface area contributed by atoms with Crippen molar-refractivity contribution >= 4 is 52.0 Å². The van der Waals surface area contributed by atoms with Crippen molar-refractivity contribution in [1.29, 1.82) is 0 Å². The first kappa shape index (κ1) is 22.3. The zero-order chi connectivity index (χ0) is 22.7. The van der Waals surface area contributed by atoms with Crippen LogP contribution in [0.15, 0.2) is 60.9 Å². The molecule has 0 aliphatic carbocycles. The van der Waals surface area contributed by atoms with Crippen LogP contribution in [0.5, 0.6) is 0 Å². The zero-order valence-electron chi connectivity index (χ0n) is 17.0. The third kappa shape index (κ3) is 5.64. The van der Waals surface area contributed by atoms with E-state index in [1.165, 1.54) is 12.1 Å². The minimum atomic E-state index is -0.261. The van der Waals surface area contributed by atoms with Gasteiger partial charge in [-0.05, 0) is 54.5 Å². The average molecular weight is 489 g/mol. The van der Waals surface area contributed by atoms with Crippen LogP contribution < -0.4 is 10.6 Å². The molecule has 0 unspecified atom stereocenters. The first-order valence-corrected chi connectivity index (χ1v) is 10.9. The first-order valence-electron chi connectivity index (χ1n) is 9.69. The number of nitrogens with zero attached hydrogens (tertiary/aromatic N) is 4. The molecule has 0 spiro atoms. The van der Waals surface area contributed by atoms with Gasteiger partial charge in [-0.25, -0.2) is 4.39 Å². The second kappa shape index (κ2) is 9.68. The quantitative estimate of drug-likeness (QED) is 0.339. The molecule has 0 aliphatic rings. The summed E-state index contributed by atoms with van der Waals surface area (Å²) in [5.41, 5.74) is 3.64. The van der Waals surface area contributed by atoms with E-state index in [0.717, 1.165) is 22.5 Å². The molecule has 6 nitrogen and oxygen atoms in total. The number of anilines is 2. The molecule has 0 saturated heterocycles. The Bertz CT molecular complexity index is 1250. The summed E-state index contributed by atoms with van der Waals surface area (Å²) >= 11 is 17.5. The van der Waals surface area contributed by atoms with E-state index < -0.39 is 0 Å². The molecule has 0 fully saturated rings. The van der Waals surface area contributed by atoms with Crippen LogP contribution in [0.4, 0.5) is 15.9 Å². The van der Waals surface area contributed by atoms with Crippen molar-refractivity contribution in [3.8, 4) is 0 Å². The average Bonchev–Trinajstić information content (AvgIpc) is 3.32. The number of hydrogen-bond acceptors (Lipinski definition) is 3. The van der Waals surface area contributed by atoms with Gasteiger partial charge in [-0.1, -0.05) is 41.4 Å². The van der Waals surface area contributed by atoms with E-state index >= 15 is 0 Å². The maximum absolute atomic E-state index is 13.0. The molecular weight excluding hydrogens is 470 g/mol. The maximum Gasteiger partial charge on any atom is 0.176 e. The van der Waals surface area contributed by atoms with Crippen molar-refractivity contribution < 1.29 is 4.39 Å². The Balaban J connectivity index is 1.35. The molecule has 2 aromatic heterocycles. The largest absolute Gasteiger partial charge is 0.330 e. The van der Waals surface area contributed by atoms with Gasteiger partial charge in [0.15, 0.2) is 10.9 Å². The molecule has 2 N–H and O–H groups in total. The second-order valence-electron chi connectivity index (χ2n) is 7.21. The van der Waals surface area contributed by atoms with E-state index in [1.54, 1.807) is 29.1 Å². The SMILES string of the molecule is Cc1cc(NC(=S)Nc2cnn(Cc3ccc(F)cc3)c2)nn1Cc1ccc(Cl)c(Cl)c1. The number of hydrogen-bond donors (Lipinski definition) is 2. The Kier molecular flexibility index (Phi) is 6.74. The number of nitrogens with one attached hydrogen (secondary N) is 2. The van der Waals surface area contributed by atoms with Gasteiger partial charge < -0.3 is 10.6 Å². The van der Waals surface area contributed by atoms with Crippen LogP contribution in [0.25, 0.3) is 0 Å². The van der Waals surface area contributed by atoms with Crippen molar-refractivity contribution in [3.63, 3.8) is 0 Å². The molecule has 0 aliphatic heterocycles. The normalized spacial score (nSPS) is 10.9. The number of aryl methyl sites for hydroxylation is 1. The predicted molar refractivity (Wildman–Crippen MR) is 130 cm³/mol. The van der Waals surface area contributed by atoms with E-state index in [9.17, 15) is 4.39 Å². The highest BCUT2D eigenvalue weighted by atomic mass is 35.5. The van der Waals surface area contributed by atoms with E-state index in [2.05, 4.69) is 20.8 Å². The number of aromatic nitrogens is 4. The Labute approximate surface area is 200 Å². The molecule has 2 heterocycles. The van der Waals surface area contributed by atoms with Crippen LogP contribution in [0.1, 0.15) is 16.8 Å². The lowest BCUT2D eigenvalue weighted by atomic mass is 10.2. The van der Waals surface area contributed by atoms with E-state index in [-0.39, 0.29) is 5.82 Å². The summed E-state index contributed by atoms with van der Waals surface area (Å²) in [4.78, 5) is 0. The standard InChI is InChI=1S/C22H19Cl2FN6S/c1-14-8-21(29-31(14)12-16-4-7-19(23)20(24)9-16)28-22(32)27-18-10-26-30(13-18)11-15-2-5-17(25)6-3-15/h2-10,13H,11-12H2,1H3,(H2,27,28,29,32). The van der Waals surface area contributed by atoms with Gasteiger partial charge in [0, 0.05) is 18.0 Å². The lowest BCUT2D eigenvalue weighted by Gasteiger charge is -2.07. The molecule has 0 bridgehead atoms. The molecule has 164 valence electrons. The maximum atomic E-state index is 13.0. The second-order valence-corrected chi connectivity index (χ2v) is 8.43. The molecule has 0 radical (unpaired) electrons. The number of benzene rings is 2. The molecule has 2 aromatic carbocycles. The van der Waals surface area contributed by atoms with Crippen LogP contribution in [0.2, 0.25) is 10.0 Å². The number of thiocarbonyl (C=S) groups is 1. The smallest absolute Gasteiger partial charge is 0.176 e. The summed E-state index contributed by atoms with van der Waals surface area (Å²) in [7, 11) is 0. The minimum Gasteiger partial charge on any atom is -0.330 e. The summed E-state index contributed by atoms with van der Waals surface area (Å²) < 4.78 is 16.6. The molecule has 32 heavy (non-hydrogen) atoms. The van der Waals surface area contributed by atoms with Gasteiger partial charge in [0.2, 0.25) is 0 Å². The number of halogens is 3. The van der Waals surface area contributed by atoms with Gasteiger partial charge in [-0.3, -0.25) is 9.36 Å². The van der Waals surface area contributed by atoms with Gasteiger partial charge in [-0.15, -0.1) is 0 Å². The highest BCUT2D eigenvalue weighted by Gasteiger charge is 2.09. The summed E-state index contributed by atoms with van der Waals surface area (Å²) in [6, 6.07) is 13.7. The number of rotatable bonds is 6. The van der Waals surface area contributed by atoms with Crippen molar-refractivity contribution in [2.24, 2.45) is 0 Å². The Morgan fingerprint density at radius 1 is 1.00 bits per heavy atom. The lowest BCUT2D eigenvalue weighted by molar-refractivity contribution is 0.624. The molecule has 0 atom stereocenters. The van der Waals surface area contributed by atoms with Gasteiger partial charge in [-0.2, -0.15) is 10.2 Å². The molecule has 10 heteroatoms. The third-order valence-corrected chi connectivity index (χ3v) is 5.63. The Hall–Kier alpha value is -2.94. The third-order valence-electron chi connectivity index (χ3n) is 4.69. The van der Waals surface area contributed by atoms with E-state index in [1.807, 2.05) is 36.0 Å². The lowest BCUT2D eigenvalue weighted by Crippen LogP contribution is -2.19. The zero-order valence-corrected chi connectivity index (χ0v) is 19.3. The van der Waals surface area contributed by atoms with Crippen LogP contribution in [0.3, 0.4) is 0 Å². The fourth-order valence-corrected chi connectivity index (χ4v) is 3.66. The summed E-state index contributed by atoms with van der Waals surface area (Å²) in [5.74, 6) is 0.362. The molecule has 4 aromatic rings. The fraction of sp³-hybridized carbons (Fsp3) is 0.136. The molecule has 0 amide bonds. The van der Waals surface area contributed by atoms with Crippen LogP contribution >= 0.6 is 35.4 Å². The molecule has 4 rings (SSSR count). The van der Waals surface area contributed by atoms with Gasteiger partial charge in [0.1, 0.15) is 5.82 Å². The minimum absolute atomic E-state index is 0.261. The van der Waals surface area contributed by atoms with Crippen molar-refractivity contribution in [2.45, 2.75) is 20.0 Å². The summed E-state index contributed by atoms with van der Waals surface area (Å²) in [6.45, 7) is 3.05. The topological polar surface area (TPSA) is 59.7 Å². The van der Waals surface area contributed by atoms with Crippen LogP contribution in [-0.4, -0.2) is 24.7 Å². The van der Waals surface area contributed by atoms with Crippen molar-refractivity contribution in [2.75, 3.05) is 10.6 Å². The molecular formula is C22H19Cl2FN6S. The van der Waals surface area contributed by atoms with Crippen molar-refractivity contribution in [1.82, 2.24) is 19.6 Å². The van der Waals surface area contributed by atoms with E-state index in [0.29, 0.717) is 34.1 Å². The van der Waals surface area contributed by atoms with Crippen LogP contribution in [0, 0.1) is 12.7 Å². The van der Waals surface area contributed by atoms with Crippen molar-refractivity contribution in [3.05, 3.63) is 93.6 Å². The highest BCUT2D eigenvalue weighted by Crippen LogP contribution is 2.23. The monoisotopic (exact) mass is 488 g/mol.